The van der Waals surface area contributed by atoms with Crippen LogP contribution in [0.2, 0.25) is 0 Å². The maximum Gasteiger partial charge on any atom is 0.133 e. The van der Waals surface area contributed by atoms with E-state index in [1.54, 1.807) is 12.3 Å². The van der Waals surface area contributed by atoms with Gasteiger partial charge in [-0.25, -0.2) is 13.8 Å². The number of hydrogen-bond acceptors (Lipinski definition) is 3. The highest BCUT2D eigenvalue weighted by molar-refractivity contribution is 7.09. The molecule has 2 rings (SSSR count). The number of thiazole rings is 1. The Balaban J connectivity index is 0.00000180. The standard InChI is InChI=1S/C13H14F2N2S.ClH/c1-8-5-11(15)9(6-10(8)14)12-7-18-13(17-12)3-4-16-2;/h5-7,16H,3-4H2,1-2H3;1H. The van der Waals surface area contributed by atoms with Crippen molar-refractivity contribution in [3.05, 3.63) is 39.7 Å². The predicted molar refractivity (Wildman–Crippen MR) is 77.1 cm³/mol. The van der Waals surface area contributed by atoms with Crippen LogP contribution in [0.25, 0.3) is 11.3 Å². The number of hydrogen-bond donors (Lipinski definition) is 1. The van der Waals surface area contributed by atoms with Gasteiger partial charge in [-0.15, -0.1) is 23.7 Å². The first-order valence-electron chi connectivity index (χ1n) is 5.67. The molecular weight excluding hydrogens is 290 g/mol. The van der Waals surface area contributed by atoms with Crippen LogP contribution < -0.4 is 5.32 Å². The molecule has 0 fully saturated rings. The highest BCUT2D eigenvalue weighted by Gasteiger charge is 2.12. The number of aryl methyl sites for hydroxylation is 1. The second kappa shape index (κ2) is 6.93. The zero-order chi connectivity index (χ0) is 13.1. The summed E-state index contributed by atoms with van der Waals surface area (Å²) in [7, 11) is 1.86. The second-order valence-electron chi connectivity index (χ2n) is 4.06. The minimum absolute atomic E-state index is 0. The summed E-state index contributed by atoms with van der Waals surface area (Å²) in [4.78, 5) is 4.32. The predicted octanol–water partition coefficient (Wildman–Crippen LogP) is 3.58. The quantitative estimate of drug-likeness (QED) is 0.934. The fourth-order valence-electron chi connectivity index (χ4n) is 1.62. The maximum absolute atomic E-state index is 13.8. The van der Waals surface area contributed by atoms with E-state index in [9.17, 15) is 8.78 Å². The lowest BCUT2D eigenvalue weighted by Gasteiger charge is -2.02. The molecule has 1 N–H and O–H groups in total. The van der Waals surface area contributed by atoms with Gasteiger partial charge in [0.2, 0.25) is 0 Å². The first-order valence-corrected chi connectivity index (χ1v) is 6.55. The minimum Gasteiger partial charge on any atom is -0.319 e. The Labute approximate surface area is 121 Å². The normalized spacial score (nSPS) is 10.3. The van der Waals surface area contributed by atoms with Crippen molar-refractivity contribution >= 4 is 23.7 Å². The first-order chi connectivity index (χ1) is 8.61. The number of aromatic nitrogens is 1. The van der Waals surface area contributed by atoms with Gasteiger partial charge in [-0.3, -0.25) is 0 Å². The van der Waals surface area contributed by atoms with Crippen LogP contribution in [0.15, 0.2) is 17.5 Å². The lowest BCUT2D eigenvalue weighted by atomic mass is 10.1. The van der Waals surface area contributed by atoms with Crippen molar-refractivity contribution in [3.8, 4) is 11.3 Å². The average Bonchev–Trinajstić information content (AvgIpc) is 2.79. The van der Waals surface area contributed by atoms with Crippen LogP contribution in [0.5, 0.6) is 0 Å². The summed E-state index contributed by atoms with van der Waals surface area (Å²) in [6.45, 7) is 2.36. The van der Waals surface area contributed by atoms with Gasteiger partial charge >= 0.3 is 0 Å². The smallest absolute Gasteiger partial charge is 0.133 e. The van der Waals surface area contributed by atoms with Gasteiger partial charge in [0.1, 0.15) is 11.6 Å². The molecule has 0 aliphatic carbocycles. The molecule has 0 amide bonds. The van der Waals surface area contributed by atoms with E-state index in [0.717, 1.165) is 18.0 Å². The van der Waals surface area contributed by atoms with Crippen LogP contribution in [0.3, 0.4) is 0 Å². The van der Waals surface area contributed by atoms with Gasteiger partial charge < -0.3 is 5.32 Å². The molecule has 1 heterocycles. The molecule has 0 saturated carbocycles. The number of halogens is 3. The molecule has 0 aliphatic heterocycles. The van der Waals surface area contributed by atoms with Crippen molar-refractivity contribution in [2.45, 2.75) is 13.3 Å². The fraction of sp³-hybridized carbons (Fsp3) is 0.308. The van der Waals surface area contributed by atoms with E-state index >= 15 is 0 Å². The summed E-state index contributed by atoms with van der Waals surface area (Å²) in [6, 6.07) is 2.42. The molecular formula is C13H15ClF2N2S. The van der Waals surface area contributed by atoms with E-state index in [0.29, 0.717) is 11.3 Å². The third-order valence-corrected chi connectivity index (χ3v) is 3.57. The second-order valence-corrected chi connectivity index (χ2v) is 5.00. The van der Waals surface area contributed by atoms with Gasteiger partial charge in [-0.2, -0.15) is 0 Å². The first kappa shape index (κ1) is 16.0. The van der Waals surface area contributed by atoms with Crippen molar-refractivity contribution in [2.75, 3.05) is 13.6 Å². The van der Waals surface area contributed by atoms with E-state index in [1.165, 1.54) is 23.5 Å². The molecule has 19 heavy (non-hydrogen) atoms. The van der Waals surface area contributed by atoms with Crippen molar-refractivity contribution in [1.29, 1.82) is 0 Å². The maximum atomic E-state index is 13.8. The Morgan fingerprint density at radius 1 is 1.26 bits per heavy atom. The third kappa shape index (κ3) is 3.72. The Kier molecular flexibility index (Phi) is 5.85. The molecule has 2 nitrogen and oxygen atoms in total. The Bertz CT molecular complexity index is 558. The van der Waals surface area contributed by atoms with Gasteiger partial charge in [0.25, 0.3) is 0 Å². The van der Waals surface area contributed by atoms with E-state index in [2.05, 4.69) is 10.3 Å². The molecule has 0 unspecified atom stereocenters. The van der Waals surface area contributed by atoms with E-state index < -0.39 is 11.6 Å². The van der Waals surface area contributed by atoms with Crippen LogP contribution in [-0.2, 0) is 6.42 Å². The van der Waals surface area contributed by atoms with Crippen LogP contribution in [0, 0.1) is 18.6 Å². The number of likely N-dealkylation sites (N-methyl/N-ethyl adjacent to an activating group) is 1. The lowest BCUT2D eigenvalue weighted by molar-refractivity contribution is 0.595. The third-order valence-electron chi connectivity index (χ3n) is 2.66. The number of benzene rings is 1. The molecule has 1 aromatic heterocycles. The molecule has 6 heteroatoms. The van der Waals surface area contributed by atoms with Gasteiger partial charge in [-0.1, -0.05) is 0 Å². The monoisotopic (exact) mass is 304 g/mol. The number of nitrogens with zero attached hydrogens (tertiary/aromatic N) is 1. The van der Waals surface area contributed by atoms with E-state index in [4.69, 9.17) is 0 Å². The van der Waals surface area contributed by atoms with Crippen molar-refractivity contribution in [1.82, 2.24) is 10.3 Å². The summed E-state index contributed by atoms with van der Waals surface area (Å²) in [6.07, 6.45) is 0.789. The number of rotatable bonds is 4. The van der Waals surface area contributed by atoms with Crippen LogP contribution in [0.4, 0.5) is 8.78 Å². The Morgan fingerprint density at radius 2 is 2.00 bits per heavy atom. The zero-order valence-corrected chi connectivity index (χ0v) is 12.3. The Morgan fingerprint density at radius 3 is 2.68 bits per heavy atom. The zero-order valence-electron chi connectivity index (χ0n) is 10.7. The lowest BCUT2D eigenvalue weighted by Crippen LogP contribution is -2.09. The molecule has 0 bridgehead atoms. The molecule has 0 saturated heterocycles. The molecule has 2 aromatic rings. The summed E-state index contributed by atoms with van der Waals surface area (Å²) < 4.78 is 27.2. The van der Waals surface area contributed by atoms with Crippen LogP contribution in [0.1, 0.15) is 10.6 Å². The van der Waals surface area contributed by atoms with Crippen molar-refractivity contribution in [2.24, 2.45) is 0 Å². The highest BCUT2D eigenvalue weighted by Crippen LogP contribution is 2.26. The van der Waals surface area contributed by atoms with E-state index in [1.807, 2.05) is 7.05 Å². The molecule has 104 valence electrons. The van der Waals surface area contributed by atoms with E-state index in [-0.39, 0.29) is 18.0 Å². The molecule has 0 aliphatic rings. The molecule has 0 radical (unpaired) electrons. The molecule has 0 atom stereocenters. The van der Waals surface area contributed by atoms with Crippen molar-refractivity contribution in [3.63, 3.8) is 0 Å². The van der Waals surface area contributed by atoms with Gasteiger partial charge in [-0.05, 0) is 31.7 Å². The molecule has 1 aromatic carbocycles. The minimum atomic E-state index is -0.431. The van der Waals surface area contributed by atoms with Gasteiger partial charge in [0.05, 0.1) is 10.7 Å². The summed E-state index contributed by atoms with van der Waals surface area (Å²) in [5.41, 5.74) is 1.04. The topological polar surface area (TPSA) is 24.9 Å². The van der Waals surface area contributed by atoms with Crippen LogP contribution >= 0.6 is 23.7 Å². The van der Waals surface area contributed by atoms with Gasteiger partial charge in [0, 0.05) is 23.9 Å². The van der Waals surface area contributed by atoms with Crippen molar-refractivity contribution < 1.29 is 8.78 Å². The fourth-order valence-corrected chi connectivity index (χ4v) is 2.42. The van der Waals surface area contributed by atoms with Gasteiger partial charge in [0.15, 0.2) is 0 Å². The largest absolute Gasteiger partial charge is 0.319 e. The number of nitrogens with one attached hydrogen (secondary N) is 1. The summed E-state index contributed by atoms with van der Waals surface area (Å²) in [5.74, 6) is -0.837. The molecule has 0 spiro atoms. The van der Waals surface area contributed by atoms with Crippen LogP contribution in [-0.4, -0.2) is 18.6 Å². The summed E-state index contributed by atoms with van der Waals surface area (Å²) in [5, 5.41) is 5.70. The SMILES string of the molecule is CNCCc1nc(-c2cc(F)c(C)cc2F)cs1.Cl. The summed E-state index contributed by atoms with van der Waals surface area (Å²) >= 11 is 1.46. The highest BCUT2D eigenvalue weighted by atomic mass is 35.5. The average molecular weight is 305 g/mol. The Hall–Kier alpha value is -1.04.